The first-order chi connectivity index (χ1) is 10.2. The minimum absolute atomic E-state index is 0. The van der Waals surface area contributed by atoms with Crippen molar-refractivity contribution in [1.29, 1.82) is 0 Å². The van der Waals surface area contributed by atoms with Crippen molar-refractivity contribution in [2.45, 2.75) is 12.5 Å². The highest BCUT2D eigenvalue weighted by Crippen LogP contribution is 2.02. The lowest BCUT2D eigenvalue weighted by atomic mass is 10.1. The standard InChI is InChI=1S/C16H17N3O2.ClH/c17-14(11-12-7-3-1-4-8-12)16(21)19-18-15(20)13-9-5-2-6-10-13;/h1-10,14H,11,17H2,(H,18,20)(H,19,21);1H. The lowest BCUT2D eigenvalue weighted by molar-refractivity contribution is -0.123. The molecule has 0 bridgehead atoms. The van der Waals surface area contributed by atoms with Crippen molar-refractivity contribution in [1.82, 2.24) is 10.9 Å². The van der Waals surface area contributed by atoms with Crippen LogP contribution < -0.4 is 16.6 Å². The zero-order valence-corrected chi connectivity index (χ0v) is 12.7. The molecule has 2 aromatic carbocycles. The number of hydrogen-bond acceptors (Lipinski definition) is 3. The summed E-state index contributed by atoms with van der Waals surface area (Å²) in [5.41, 5.74) is 11.9. The summed E-state index contributed by atoms with van der Waals surface area (Å²) < 4.78 is 0. The van der Waals surface area contributed by atoms with E-state index in [4.69, 9.17) is 5.73 Å². The molecule has 0 radical (unpaired) electrons. The zero-order valence-electron chi connectivity index (χ0n) is 11.9. The Bertz CT molecular complexity index is 605. The van der Waals surface area contributed by atoms with Crippen molar-refractivity contribution in [2.75, 3.05) is 0 Å². The predicted molar refractivity (Wildman–Crippen MR) is 87.4 cm³/mol. The summed E-state index contributed by atoms with van der Waals surface area (Å²) in [4.78, 5) is 23.6. The van der Waals surface area contributed by atoms with Gasteiger partial charge in [0.05, 0.1) is 6.04 Å². The Morgan fingerprint density at radius 2 is 1.45 bits per heavy atom. The lowest BCUT2D eigenvalue weighted by Crippen LogP contribution is -2.50. The van der Waals surface area contributed by atoms with Crippen LogP contribution in [0.25, 0.3) is 0 Å². The van der Waals surface area contributed by atoms with Gasteiger partial charge in [-0.05, 0) is 24.1 Å². The molecule has 0 aliphatic heterocycles. The summed E-state index contributed by atoms with van der Waals surface area (Å²) in [6.07, 6.45) is 0.411. The van der Waals surface area contributed by atoms with Gasteiger partial charge in [0.1, 0.15) is 0 Å². The average Bonchev–Trinajstić information content (AvgIpc) is 2.54. The van der Waals surface area contributed by atoms with E-state index in [9.17, 15) is 9.59 Å². The monoisotopic (exact) mass is 319 g/mol. The van der Waals surface area contributed by atoms with Crippen LogP contribution in [0.4, 0.5) is 0 Å². The maximum atomic E-state index is 11.8. The molecule has 22 heavy (non-hydrogen) atoms. The molecule has 0 heterocycles. The topological polar surface area (TPSA) is 84.2 Å². The Kier molecular flexibility index (Phi) is 7.08. The molecule has 2 amide bonds. The van der Waals surface area contributed by atoms with Gasteiger partial charge in [0.15, 0.2) is 0 Å². The number of amides is 2. The van der Waals surface area contributed by atoms with E-state index in [0.717, 1.165) is 5.56 Å². The minimum Gasteiger partial charge on any atom is -0.320 e. The first kappa shape index (κ1) is 17.7. The summed E-state index contributed by atoms with van der Waals surface area (Å²) in [5.74, 6) is -0.806. The smallest absolute Gasteiger partial charge is 0.269 e. The van der Waals surface area contributed by atoms with Crippen LogP contribution in [0.1, 0.15) is 15.9 Å². The molecule has 6 heteroatoms. The number of nitrogens with one attached hydrogen (secondary N) is 2. The molecule has 1 unspecified atom stereocenters. The largest absolute Gasteiger partial charge is 0.320 e. The van der Waals surface area contributed by atoms with Gasteiger partial charge in [-0.2, -0.15) is 0 Å². The summed E-state index contributed by atoms with van der Waals surface area (Å²) in [7, 11) is 0. The molecule has 0 fully saturated rings. The molecular weight excluding hydrogens is 302 g/mol. The van der Waals surface area contributed by atoms with E-state index < -0.39 is 11.9 Å². The fourth-order valence-electron chi connectivity index (χ4n) is 1.83. The normalized spacial score (nSPS) is 11.0. The average molecular weight is 320 g/mol. The number of carbonyl (C=O) groups is 2. The molecule has 2 aromatic rings. The zero-order chi connectivity index (χ0) is 15.1. The number of nitrogens with two attached hydrogens (primary N) is 1. The number of hydrogen-bond donors (Lipinski definition) is 3. The van der Waals surface area contributed by atoms with E-state index in [1.165, 1.54) is 0 Å². The van der Waals surface area contributed by atoms with E-state index in [1.807, 2.05) is 36.4 Å². The number of rotatable bonds is 4. The first-order valence-corrected chi connectivity index (χ1v) is 6.61. The Balaban J connectivity index is 0.00000242. The van der Waals surface area contributed by atoms with E-state index in [1.54, 1.807) is 24.3 Å². The second-order valence-corrected chi connectivity index (χ2v) is 4.61. The highest BCUT2D eigenvalue weighted by molar-refractivity contribution is 5.95. The maximum absolute atomic E-state index is 11.8. The van der Waals surface area contributed by atoms with Crippen molar-refractivity contribution in [3.05, 3.63) is 71.8 Å². The van der Waals surface area contributed by atoms with Crippen LogP contribution in [0.15, 0.2) is 60.7 Å². The van der Waals surface area contributed by atoms with Crippen LogP contribution in [-0.4, -0.2) is 17.9 Å². The van der Waals surface area contributed by atoms with E-state index >= 15 is 0 Å². The van der Waals surface area contributed by atoms with Gasteiger partial charge in [-0.15, -0.1) is 12.4 Å². The molecule has 0 saturated heterocycles. The molecule has 1 atom stereocenters. The van der Waals surface area contributed by atoms with Gasteiger partial charge in [-0.1, -0.05) is 48.5 Å². The molecule has 0 aliphatic carbocycles. The Hall–Kier alpha value is -2.37. The van der Waals surface area contributed by atoms with Crippen LogP contribution in [0, 0.1) is 0 Å². The molecule has 5 nitrogen and oxygen atoms in total. The number of hydrazine groups is 1. The van der Waals surface area contributed by atoms with Crippen molar-refractivity contribution < 1.29 is 9.59 Å². The van der Waals surface area contributed by atoms with Gasteiger partial charge < -0.3 is 5.73 Å². The fraction of sp³-hybridized carbons (Fsp3) is 0.125. The highest BCUT2D eigenvalue weighted by Gasteiger charge is 2.15. The molecule has 0 aliphatic rings. The predicted octanol–water partition coefficient (Wildman–Crippen LogP) is 1.44. The molecule has 2 rings (SSSR count). The summed E-state index contributed by atoms with van der Waals surface area (Å²) in [6.45, 7) is 0. The van der Waals surface area contributed by atoms with Crippen molar-refractivity contribution in [2.24, 2.45) is 5.73 Å². The first-order valence-electron chi connectivity index (χ1n) is 6.61. The van der Waals surface area contributed by atoms with Crippen LogP contribution in [0.5, 0.6) is 0 Å². The van der Waals surface area contributed by atoms with Crippen LogP contribution in [0.3, 0.4) is 0 Å². The minimum atomic E-state index is -0.719. The second-order valence-electron chi connectivity index (χ2n) is 4.61. The number of benzene rings is 2. The van der Waals surface area contributed by atoms with E-state index in [2.05, 4.69) is 10.9 Å². The summed E-state index contributed by atoms with van der Waals surface area (Å²) in [6, 6.07) is 17.4. The highest BCUT2D eigenvalue weighted by atomic mass is 35.5. The molecule has 0 aromatic heterocycles. The third-order valence-electron chi connectivity index (χ3n) is 2.97. The van der Waals surface area contributed by atoms with Gasteiger partial charge >= 0.3 is 0 Å². The quantitative estimate of drug-likeness (QED) is 0.746. The Morgan fingerprint density at radius 1 is 0.909 bits per heavy atom. The SMILES string of the molecule is Cl.NC(Cc1ccccc1)C(=O)NNC(=O)c1ccccc1. The van der Waals surface area contributed by atoms with Gasteiger partial charge in [0.2, 0.25) is 0 Å². The fourth-order valence-corrected chi connectivity index (χ4v) is 1.83. The molecule has 116 valence electrons. The van der Waals surface area contributed by atoms with E-state index in [0.29, 0.717) is 12.0 Å². The van der Waals surface area contributed by atoms with Gasteiger partial charge in [0, 0.05) is 5.56 Å². The maximum Gasteiger partial charge on any atom is 0.269 e. The van der Waals surface area contributed by atoms with Crippen molar-refractivity contribution >= 4 is 24.2 Å². The van der Waals surface area contributed by atoms with Crippen molar-refractivity contribution in [3.63, 3.8) is 0 Å². The molecule has 0 spiro atoms. The third kappa shape index (κ3) is 5.20. The van der Waals surface area contributed by atoms with Crippen LogP contribution in [-0.2, 0) is 11.2 Å². The number of halogens is 1. The number of carbonyl (C=O) groups excluding carboxylic acids is 2. The van der Waals surface area contributed by atoms with Crippen molar-refractivity contribution in [3.8, 4) is 0 Å². The molecular formula is C16H18ClN3O2. The van der Waals surface area contributed by atoms with Gasteiger partial charge in [-0.3, -0.25) is 20.4 Å². The summed E-state index contributed by atoms with van der Waals surface area (Å²) >= 11 is 0. The van der Waals surface area contributed by atoms with Gasteiger partial charge in [0.25, 0.3) is 11.8 Å². The Labute approximate surface area is 135 Å². The van der Waals surface area contributed by atoms with Gasteiger partial charge in [-0.25, -0.2) is 0 Å². The Morgan fingerprint density at radius 3 is 2.05 bits per heavy atom. The van der Waals surface area contributed by atoms with Crippen LogP contribution >= 0.6 is 12.4 Å². The molecule has 4 N–H and O–H groups in total. The summed E-state index contributed by atoms with van der Waals surface area (Å²) in [5, 5.41) is 0. The van der Waals surface area contributed by atoms with E-state index in [-0.39, 0.29) is 18.3 Å². The third-order valence-corrected chi connectivity index (χ3v) is 2.97. The van der Waals surface area contributed by atoms with Crippen LogP contribution in [0.2, 0.25) is 0 Å². The second kappa shape index (κ2) is 8.81. The molecule has 0 saturated carbocycles. The lowest BCUT2D eigenvalue weighted by Gasteiger charge is -2.13.